The number of allylic oxidation sites excluding steroid dienone is 2. The molecule has 0 spiro atoms. The Morgan fingerprint density at radius 2 is 1.81 bits per heavy atom. The Labute approximate surface area is 364 Å². The van der Waals surface area contributed by atoms with E-state index in [1.54, 1.807) is 0 Å². The van der Waals surface area contributed by atoms with Crippen LogP contribution in [0.25, 0.3) is 10.9 Å². The molecule has 2 aromatic rings. The maximum atomic E-state index is 15.0. The highest BCUT2D eigenvalue weighted by Gasteiger charge is 2.62. The average Bonchev–Trinajstić information content (AvgIpc) is 4.03. The van der Waals surface area contributed by atoms with Crippen LogP contribution in [0.3, 0.4) is 0 Å². The SMILES string of the molecule is C=C[C@@H]1C[C@]1(NC(=O)[C@@H]1C[C@@H]2CN1C(=O)[C@H](C1CCCC1)NC(=O)O[C@@H]1CCC[C@H]1CCC=CCc1c(nc3ccccc3c1OCCCN(C)C)O2)C(=O)NS(=O)(=O)C1CC1. The van der Waals surface area contributed by atoms with Crippen LogP contribution in [-0.4, -0.2) is 116 Å². The topological polar surface area (TPSA) is 186 Å². The Bertz CT molecular complexity index is 2170. The number of fused-ring (bicyclic) bond motifs is 5. The molecule has 6 aliphatic rings. The molecule has 15 nitrogen and oxygen atoms in total. The quantitative estimate of drug-likeness (QED) is 0.194. The van der Waals surface area contributed by atoms with Crippen molar-refractivity contribution in [3.8, 4) is 11.6 Å². The average molecular weight is 875 g/mol. The van der Waals surface area contributed by atoms with E-state index in [4.69, 9.17) is 19.2 Å². The summed E-state index contributed by atoms with van der Waals surface area (Å²) in [7, 11) is 0.137. The smallest absolute Gasteiger partial charge is 0.408 e. The predicted molar refractivity (Wildman–Crippen MR) is 233 cm³/mol. The van der Waals surface area contributed by atoms with E-state index in [1.165, 1.54) is 11.0 Å². The summed E-state index contributed by atoms with van der Waals surface area (Å²) in [6.45, 7) is 5.14. The second-order valence-electron chi connectivity index (χ2n) is 18.5. The van der Waals surface area contributed by atoms with E-state index in [2.05, 4.69) is 39.0 Å². The zero-order valence-electron chi connectivity index (χ0n) is 36.0. The lowest BCUT2D eigenvalue weighted by Crippen LogP contribution is -2.59. The summed E-state index contributed by atoms with van der Waals surface area (Å²) < 4.78 is 47.5. The number of aromatic nitrogens is 1. The van der Waals surface area contributed by atoms with Gasteiger partial charge in [-0.3, -0.25) is 19.1 Å². The molecule has 16 heteroatoms. The van der Waals surface area contributed by atoms with Crippen molar-refractivity contribution in [2.45, 2.75) is 131 Å². The summed E-state index contributed by atoms with van der Waals surface area (Å²) in [4.78, 5) is 65.8. The van der Waals surface area contributed by atoms with Gasteiger partial charge in [0, 0.05) is 24.3 Å². The van der Waals surface area contributed by atoms with Crippen LogP contribution in [-0.2, 0) is 35.6 Å². The van der Waals surface area contributed by atoms with E-state index in [1.807, 2.05) is 38.4 Å². The minimum absolute atomic E-state index is 0.00940. The molecule has 2 aliphatic heterocycles. The zero-order chi connectivity index (χ0) is 43.6. The zero-order valence-corrected chi connectivity index (χ0v) is 36.8. The van der Waals surface area contributed by atoms with Gasteiger partial charge >= 0.3 is 6.09 Å². The number of alkyl carbamates (subject to hydrolysis) is 1. The molecule has 1 saturated heterocycles. The number of carbonyl (C=O) groups is 4. The van der Waals surface area contributed by atoms with E-state index < -0.39 is 68.7 Å². The van der Waals surface area contributed by atoms with Gasteiger partial charge in [0.05, 0.1) is 29.5 Å². The number of benzene rings is 1. The number of sulfonamides is 1. The summed E-state index contributed by atoms with van der Waals surface area (Å²) >= 11 is 0. The fourth-order valence-electron chi connectivity index (χ4n) is 10.0. The highest BCUT2D eigenvalue weighted by molar-refractivity contribution is 7.91. The molecule has 3 heterocycles. The summed E-state index contributed by atoms with van der Waals surface area (Å²) in [6, 6.07) is 5.67. The number of ether oxygens (including phenoxy) is 3. The first kappa shape index (κ1) is 43.9. The third-order valence-corrected chi connectivity index (χ3v) is 15.5. The summed E-state index contributed by atoms with van der Waals surface area (Å²) in [5, 5.41) is 6.06. The summed E-state index contributed by atoms with van der Waals surface area (Å²) in [6.07, 6.45) is 14.1. The molecule has 5 fully saturated rings. The van der Waals surface area contributed by atoms with Gasteiger partial charge in [-0.2, -0.15) is 0 Å². The molecule has 62 heavy (non-hydrogen) atoms. The molecular formula is C46H62N6O9S. The molecular weight excluding hydrogens is 813 g/mol. The van der Waals surface area contributed by atoms with Crippen LogP contribution >= 0.6 is 0 Å². The molecule has 4 aliphatic carbocycles. The first-order valence-electron chi connectivity index (χ1n) is 22.7. The van der Waals surface area contributed by atoms with Crippen LogP contribution in [0.2, 0.25) is 0 Å². The molecule has 8 rings (SSSR count). The Balaban J connectivity index is 1.15. The van der Waals surface area contributed by atoms with Gasteiger partial charge in [-0.05, 0) is 115 Å². The highest BCUT2D eigenvalue weighted by Crippen LogP contribution is 2.46. The normalized spacial score (nSPS) is 29.4. The lowest BCUT2D eigenvalue weighted by molar-refractivity contribution is -0.142. The number of nitrogens with one attached hydrogen (secondary N) is 3. The molecule has 336 valence electrons. The van der Waals surface area contributed by atoms with E-state index in [0.717, 1.165) is 81.7 Å². The second kappa shape index (κ2) is 18.6. The lowest BCUT2D eigenvalue weighted by atomic mass is 9.96. The van der Waals surface area contributed by atoms with Crippen molar-refractivity contribution in [2.75, 3.05) is 33.8 Å². The van der Waals surface area contributed by atoms with Crippen molar-refractivity contribution in [3.63, 3.8) is 0 Å². The van der Waals surface area contributed by atoms with E-state index >= 15 is 4.79 Å². The lowest BCUT2D eigenvalue weighted by Gasteiger charge is -2.32. The highest BCUT2D eigenvalue weighted by atomic mass is 32.2. The van der Waals surface area contributed by atoms with Crippen LogP contribution in [0.4, 0.5) is 4.79 Å². The maximum Gasteiger partial charge on any atom is 0.408 e. The minimum Gasteiger partial charge on any atom is -0.492 e. The molecule has 0 unspecified atom stereocenters. The fourth-order valence-corrected chi connectivity index (χ4v) is 11.4. The number of pyridine rings is 1. The molecule has 2 bridgehead atoms. The first-order valence-corrected chi connectivity index (χ1v) is 24.2. The summed E-state index contributed by atoms with van der Waals surface area (Å²) in [5.74, 6) is -1.37. The van der Waals surface area contributed by atoms with Crippen molar-refractivity contribution in [3.05, 3.63) is 54.6 Å². The molecule has 1 aromatic carbocycles. The first-order chi connectivity index (χ1) is 29.9. The third kappa shape index (κ3) is 9.60. The van der Waals surface area contributed by atoms with E-state index in [0.29, 0.717) is 43.0 Å². The number of hydrogen-bond acceptors (Lipinski definition) is 11. The minimum atomic E-state index is -3.91. The van der Waals surface area contributed by atoms with E-state index in [9.17, 15) is 22.8 Å². The fraction of sp³-hybridized carbons (Fsp3) is 0.630. The molecule has 4 saturated carbocycles. The number of rotatable bonds is 12. The Kier molecular flexibility index (Phi) is 13.2. The van der Waals surface area contributed by atoms with Crippen LogP contribution in [0.1, 0.15) is 95.5 Å². The molecule has 1 aromatic heterocycles. The molecule has 4 amide bonds. The predicted octanol–water partition coefficient (Wildman–Crippen LogP) is 4.93. The maximum absolute atomic E-state index is 15.0. The van der Waals surface area contributed by atoms with Crippen LogP contribution in [0.15, 0.2) is 49.1 Å². The monoisotopic (exact) mass is 874 g/mol. The molecule has 3 N–H and O–H groups in total. The van der Waals surface area contributed by atoms with Crippen molar-refractivity contribution in [1.29, 1.82) is 0 Å². The number of carbonyl (C=O) groups excluding carboxylic acids is 4. The van der Waals surface area contributed by atoms with Gasteiger partial charge in [-0.25, -0.2) is 18.2 Å². The van der Waals surface area contributed by atoms with Gasteiger partial charge in [0.1, 0.15) is 35.6 Å². The molecule has 7 atom stereocenters. The van der Waals surface area contributed by atoms with Gasteiger partial charge in [-0.15, -0.1) is 6.58 Å². The largest absolute Gasteiger partial charge is 0.492 e. The van der Waals surface area contributed by atoms with Crippen molar-refractivity contribution in [2.24, 2.45) is 17.8 Å². The number of amides is 4. The van der Waals surface area contributed by atoms with E-state index in [-0.39, 0.29) is 37.3 Å². The van der Waals surface area contributed by atoms with Crippen LogP contribution in [0.5, 0.6) is 11.6 Å². The number of nitrogens with zero attached hydrogens (tertiary/aromatic N) is 3. The van der Waals surface area contributed by atoms with Crippen LogP contribution in [0, 0.1) is 17.8 Å². The number of hydrogen-bond donors (Lipinski definition) is 3. The van der Waals surface area contributed by atoms with Gasteiger partial charge < -0.3 is 34.6 Å². The van der Waals surface area contributed by atoms with Crippen molar-refractivity contribution >= 4 is 44.7 Å². The second-order valence-corrected chi connectivity index (χ2v) is 20.4. The van der Waals surface area contributed by atoms with Gasteiger partial charge in [0.2, 0.25) is 27.7 Å². The standard InChI is InChI=1S/C46H62N6O9S/c1-4-31-27-46(31,44(55)50-62(57,58)33-22-23-33)49-41(53)37-26-32-28-52(37)43(54)39(30-15-8-9-16-30)48-45(56)61-38-21-12-17-29(38)14-6-5-7-19-35-40(59-25-13-24-51(2)3)34-18-10-11-20-36(34)47-42(35)60-32/h4-5,7,10-11,18,20,29-33,37-39H,1,6,8-9,12-17,19,21-28H2,2-3H3,(H,48,56)(H,49,53)(H,50,55)/t29-,31-,32-,37+,38-,39+,46-/m1/s1. The Hall–Kier alpha value is -4.70. The third-order valence-electron chi connectivity index (χ3n) is 13.7. The van der Waals surface area contributed by atoms with Crippen LogP contribution < -0.4 is 24.8 Å². The Morgan fingerprint density at radius 3 is 2.55 bits per heavy atom. The number of para-hydroxylation sites is 1. The Morgan fingerprint density at radius 1 is 1.03 bits per heavy atom. The van der Waals surface area contributed by atoms with Crippen molar-refractivity contribution in [1.82, 2.24) is 30.1 Å². The van der Waals surface area contributed by atoms with Gasteiger partial charge in [-0.1, -0.05) is 43.2 Å². The van der Waals surface area contributed by atoms with Gasteiger partial charge in [0.25, 0.3) is 5.91 Å². The summed E-state index contributed by atoms with van der Waals surface area (Å²) in [5.41, 5.74) is -0.118. The van der Waals surface area contributed by atoms with Gasteiger partial charge in [0.15, 0.2) is 0 Å². The van der Waals surface area contributed by atoms with Crippen molar-refractivity contribution < 1.29 is 41.8 Å². The molecule has 0 radical (unpaired) electrons.